The molecule has 4 heteroatoms. The summed E-state index contributed by atoms with van der Waals surface area (Å²) in [4.78, 5) is -0.928. The van der Waals surface area contributed by atoms with E-state index in [0.29, 0.717) is 24.2 Å². The number of thioether (sulfide) groups is 1. The molecule has 5 atom stereocenters. The molecule has 33 heavy (non-hydrogen) atoms. The van der Waals surface area contributed by atoms with Crippen molar-refractivity contribution in [3.8, 4) is 0 Å². The highest BCUT2D eigenvalue weighted by atomic mass is 32.2. The number of hydrogen-bond donors (Lipinski definition) is 3. The van der Waals surface area contributed by atoms with Gasteiger partial charge in [-0.1, -0.05) is 57.4 Å². The van der Waals surface area contributed by atoms with E-state index in [1.165, 1.54) is 38.5 Å². The number of unbranched alkanes of at least 4 members (excludes halogenated alkanes) is 2. The van der Waals surface area contributed by atoms with Gasteiger partial charge in [0.1, 0.15) is 4.93 Å². The quantitative estimate of drug-likeness (QED) is 0.249. The van der Waals surface area contributed by atoms with Gasteiger partial charge < -0.3 is 15.3 Å². The number of hydrogen-bond acceptors (Lipinski definition) is 4. The lowest BCUT2D eigenvalue weighted by Crippen LogP contribution is -2.37. The van der Waals surface area contributed by atoms with Gasteiger partial charge in [0, 0.05) is 12.8 Å². The highest BCUT2D eigenvalue weighted by Gasteiger charge is 2.48. The largest absolute Gasteiger partial charge is 0.390 e. The minimum Gasteiger partial charge on any atom is -0.390 e. The average Bonchev–Trinajstić information content (AvgIpc) is 3.08. The van der Waals surface area contributed by atoms with Crippen LogP contribution in [0.25, 0.3) is 0 Å². The third kappa shape index (κ3) is 6.78. The monoisotopic (exact) mass is 476 g/mol. The van der Waals surface area contributed by atoms with Crippen molar-refractivity contribution in [1.82, 2.24) is 0 Å². The minimum atomic E-state index is -0.928. The SMILES string of the molecule is C=C1C(=CC=C2CCC[C@]3(C)[C@@H](CC)CC[C@H]23)C[C@](O)(SCCCCCC(C)(C)O)C[C@@H]1O. The molecule has 3 fully saturated rings. The molecule has 3 aliphatic rings. The lowest BCUT2D eigenvalue weighted by molar-refractivity contribution is 0.0605. The predicted molar refractivity (Wildman–Crippen MR) is 141 cm³/mol. The first kappa shape index (κ1) is 27.0. The number of rotatable bonds is 9. The van der Waals surface area contributed by atoms with Gasteiger partial charge in [-0.3, -0.25) is 0 Å². The summed E-state index contributed by atoms with van der Waals surface area (Å²) in [5.41, 5.74) is 3.21. The second-order valence-electron chi connectivity index (χ2n) is 11.9. The molecule has 3 nitrogen and oxygen atoms in total. The van der Waals surface area contributed by atoms with Crippen molar-refractivity contribution < 1.29 is 15.3 Å². The van der Waals surface area contributed by atoms with Crippen LogP contribution in [0.4, 0.5) is 0 Å². The van der Waals surface area contributed by atoms with Crippen LogP contribution in [0.3, 0.4) is 0 Å². The van der Waals surface area contributed by atoms with E-state index >= 15 is 0 Å². The molecule has 0 spiro atoms. The van der Waals surface area contributed by atoms with Gasteiger partial charge in [0.05, 0.1) is 11.7 Å². The molecule has 0 saturated heterocycles. The van der Waals surface area contributed by atoms with Gasteiger partial charge in [0.15, 0.2) is 0 Å². The first-order valence-electron chi connectivity index (χ1n) is 13.3. The Kier molecular flexibility index (Phi) is 9.03. The van der Waals surface area contributed by atoms with Gasteiger partial charge in [0.25, 0.3) is 0 Å². The Bertz CT molecular complexity index is 748. The van der Waals surface area contributed by atoms with E-state index in [2.05, 4.69) is 32.6 Å². The molecule has 0 aliphatic heterocycles. The smallest absolute Gasteiger partial charge is 0.117 e. The van der Waals surface area contributed by atoms with Crippen molar-refractivity contribution in [3.63, 3.8) is 0 Å². The highest BCUT2D eigenvalue weighted by Crippen LogP contribution is 2.58. The van der Waals surface area contributed by atoms with Crippen LogP contribution in [0.15, 0.2) is 35.5 Å². The maximum atomic E-state index is 11.3. The van der Waals surface area contributed by atoms with Crippen LogP contribution in [-0.4, -0.2) is 37.7 Å². The van der Waals surface area contributed by atoms with Gasteiger partial charge in [-0.05, 0) is 92.9 Å². The van der Waals surface area contributed by atoms with Crippen molar-refractivity contribution in [2.24, 2.45) is 17.3 Å². The van der Waals surface area contributed by atoms with Crippen molar-refractivity contribution in [2.75, 3.05) is 5.75 Å². The molecule has 0 aromatic carbocycles. The summed E-state index contributed by atoms with van der Waals surface area (Å²) >= 11 is 1.58. The lowest BCUT2D eigenvalue weighted by atomic mass is 9.63. The molecule has 0 heterocycles. The fourth-order valence-corrected chi connectivity index (χ4v) is 7.98. The topological polar surface area (TPSA) is 60.7 Å². The molecule has 0 aromatic heterocycles. The van der Waals surface area contributed by atoms with E-state index in [4.69, 9.17) is 0 Å². The zero-order valence-electron chi connectivity index (χ0n) is 21.5. The third-order valence-corrected chi connectivity index (χ3v) is 10.1. The number of allylic oxidation sites excluding steroid dienone is 3. The molecule has 3 aliphatic carbocycles. The van der Waals surface area contributed by atoms with E-state index in [9.17, 15) is 15.3 Å². The van der Waals surface area contributed by atoms with Crippen molar-refractivity contribution >= 4 is 11.8 Å². The lowest BCUT2D eigenvalue weighted by Gasteiger charge is -2.42. The Morgan fingerprint density at radius 3 is 2.64 bits per heavy atom. The van der Waals surface area contributed by atoms with Gasteiger partial charge in [-0.25, -0.2) is 0 Å². The van der Waals surface area contributed by atoms with E-state index in [1.54, 1.807) is 17.3 Å². The second kappa shape index (κ2) is 11.0. The number of fused-ring (bicyclic) bond motifs is 1. The first-order valence-corrected chi connectivity index (χ1v) is 14.3. The Morgan fingerprint density at radius 1 is 1.18 bits per heavy atom. The molecular weight excluding hydrogens is 428 g/mol. The average molecular weight is 477 g/mol. The summed E-state index contributed by atoms with van der Waals surface area (Å²) in [6, 6.07) is 0. The molecule has 0 radical (unpaired) electrons. The minimum absolute atomic E-state index is 0.354. The van der Waals surface area contributed by atoms with Gasteiger partial charge in [-0.2, -0.15) is 0 Å². The fourth-order valence-electron chi connectivity index (χ4n) is 6.72. The van der Waals surface area contributed by atoms with Gasteiger partial charge in [-0.15, -0.1) is 11.8 Å². The molecule has 0 unspecified atom stereocenters. The Labute approximate surface area is 206 Å². The third-order valence-electron chi connectivity index (χ3n) is 8.75. The van der Waals surface area contributed by atoms with E-state index in [1.807, 2.05) is 13.8 Å². The van der Waals surface area contributed by atoms with Crippen LogP contribution in [0.5, 0.6) is 0 Å². The molecule has 0 bridgehead atoms. The summed E-state index contributed by atoms with van der Waals surface area (Å²) < 4.78 is 0. The van der Waals surface area contributed by atoms with Crippen LogP contribution in [-0.2, 0) is 0 Å². The van der Waals surface area contributed by atoms with Crippen LogP contribution < -0.4 is 0 Å². The maximum Gasteiger partial charge on any atom is 0.117 e. The van der Waals surface area contributed by atoms with E-state index < -0.39 is 16.6 Å². The van der Waals surface area contributed by atoms with Gasteiger partial charge in [0.2, 0.25) is 0 Å². The maximum absolute atomic E-state index is 11.3. The van der Waals surface area contributed by atoms with Crippen molar-refractivity contribution in [2.45, 2.75) is 121 Å². The van der Waals surface area contributed by atoms with Crippen molar-refractivity contribution in [1.29, 1.82) is 0 Å². The molecule has 3 rings (SSSR count). The molecule has 188 valence electrons. The Morgan fingerprint density at radius 2 is 1.94 bits per heavy atom. The van der Waals surface area contributed by atoms with E-state index in [0.717, 1.165) is 48.5 Å². The Balaban J connectivity index is 1.62. The van der Waals surface area contributed by atoms with Gasteiger partial charge >= 0.3 is 0 Å². The fraction of sp³-hybridized carbons (Fsp3) is 0.793. The van der Waals surface area contributed by atoms with Crippen molar-refractivity contribution in [3.05, 3.63) is 35.5 Å². The molecule has 3 N–H and O–H groups in total. The zero-order chi connectivity index (χ0) is 24.3. The summed E-state index contributed by atoms with van der Waals surface area (Å²) in [5, 5.41) is 31.8. The summed E-state index contributed by atoms with van der Waals surface area (Å²) in [6.07, 6.45) is 16.3. The number of aliphatic hydroxyl groups excluding tert-OH is 1. The van der Waals surface area contributed by atoms with Crippen LogP contribution in [0.1, 0.15) is 105 Å². The van der Waals surface area contributed by atoms with Crippen LogP contribution >= 0.6 is 11.8 Å². The van der Waals surface area contributed by atoms with Crippen LogP contribution in [0.2, 0.25) is 0 Å². The first-order chi connectivity index (χ1) is 15.5. The predicted octanol–water partition coefficient (Wildman–Crippen LogP) is 6.93. The Hall–Kier alpha value is -0.550. The van der Waals surface area contributed by atoms with E-state index in [-0.39, 0.29) is 0 Å². The molecule has 0 amide bonds. The standard InChI is InChI=1S/C29H48O3S/c1-6-24-14-15-25-22(11-10-17-28(24,25)5)12-13-23-19-29(32,20-26(30)21(23)2)33-18-9-7-8-16-27(3,4)31/h12-13,24-26,30-32H,2,6-11,14-20H2,1,3-5H3/t24-,25+,26-,28+,29-/m0/s1. The molecular formula is C29H48O3S. The normalized spacial score (nSPS) is 37.7. The molecule has 0 aromatic rings. The summed E-state index contributed by atoms with van der Waals surface area (Å²) in [6.45, 7) is 12.7. The summed E-state index contributed by atoms with van der Waals surface area (Å²) in [5.74, 6) is 2.40. The van der Waals surface area contributed by atoms with Crippen LogP contribution in [0, 0.1) is 17.3 Å². The summed E-state index contributed by atoms with van der Waals surface area (Å²) in [7, 11) is 0. The molecule has 3 saturated carbocycles. The number of aliphatic hydroxyl groups is 3. The second-order valence-corrected chi connectivity index (χ2v) is 13.3. The zero-order valence-corrected chi connectivity index (χ0v) is 22.4. The highest BCUT2D eigenvalue weighted by molar-refractivity contribution is 8.00.